The number of hydrogen-bond donors (Lipinski definition) is 0. The molecule has 90 valence electrons. The van der Waals surface area contributed by atoms with Crippen molar-refractivity contribution in [1.82, 2.24) is 0 Å². The minimum atomic E-state index is -1.66. The van der Waals surface area contributed by atoms with Gasteiger partial charge in [-0.25, -0.2) is 0 Å². The van der Waals surface area contributed by atoms with Crippen LogP contribution in [-0.2, 0) is 4.44 Å². The third-order valence-corrected chi connectivity index (χ3v) is 6.99. The number of anilines is 1. The fraction of sp³-hybridized carbons (Fsp3) is 0.571. The molecule has 1 nitrogen and oxygen atoms in total. The fourth-order valence-corrected chi connectivity index (χ4v) is 6.19. The normalized spacial score (nSPS) is 11.6. The minimum absolute atomic E-state index is 1.09. The van der Waals surface area contributed by atoms with E-state index in [1.54, 1.807) is 0 Å². The van der Waals surface area contributed by atoms with Crippen molar-refractivity contribution in [3.8, 4) is 0 Å². The number of nitrogens with zero attached hydrogens (tertiary/aromatic N) is 1. The van der Waals surface area contributed by atoms with E-state index in [2.05, 4.69) is 57.8 Å². The van der Waals surface area contributed by atoms with Gasteiger partial charge in [0.15, 0.2) is 0 Å². The van der Waals surface area contributed by atoms with Gasteiger partial charge < -0.3 is 0 Å². The van der Waals surface area contributed by atoms with Gasteiger partial charge >= 0.3 is 105 Å². The molecule has 1 aromatic carbocycles. The van der Waals surface area contributed by atoms with Gasteiger partial charge in [0.25, 0.3) is 0 Å². The van der Waals surface area contributed by atoms with Crippen LogP contribution in [0.5, 0.6) is 0 Å². The summed E-state index contributed by atoms with van der Waals surface area (Å²) in [6.07, 6.45) is 0. The van der Waals surface area contributed by atoms with E-state index < -0.39 is 18.4 Å². The molecule has 0 N–H and O–H groups in total. The van der Waals surface area contributed by atoms with Crippen LogP contribution in [0.2, 0.25) is 14.8 Å². The summed E-state index contributed by atoms with van der Waals surface area (Å²) in [5.41, 5.74) is 2.89. The van der Waals surface area contributed by atoms with Crippen LogP contribution in [0.25, 0.3) is 0 Å². The first-order chi connectivity index (χ1) is 7.46. The molecule has 0 aliphatic carbocycles. The fourth-order valence-electron chi connectivity index (χ4n) is 2.03. The molecule has 0 bridgehead atoms. The third kappa shape index (κ3) is 4.36. The van der Waals surface area contributed by atoms with Crippen LogP contribution in [0, 0.1) is 0 Å². The summed E-state index contributed by atoms with van der Waals surface area (Å²) in [5.74, 6) is 0. The van der Waals surface area contributed by atoms with Crippen LogP contribution >= 0.6 is 0 Å². The molecular weight excluding hydrogens is 301 g/mol. The molecule has 0 aliphatic rings. The molecule has 1 aromatic rings. The molecule has 0 radical (unpaired) electrons. The molecule has 0 unspecified atom stereocenters. The van der Waals surface area contributed by atoms with E-state index >= 15 is 0 Å². The zero-order valence-electron chi connectivity index (χ0n) is 11.4. The Bertz CT molecular complexity index is 307. The Morgan fingerprint density at radius 2 is 1.44 bits per heavy atom. The van der Waals surface area contributed by atoms with Crippen LogP contribution in [0.3, 0.4) is 0 Å². The summed E-state index contributed by atoms with van der Waals surface area (Å²) in [6.45, 7) is 6.61. The second kappa shape index (κ2) is 5.94. The Morgan fingerprint density at radius 3 is 1.81 bits per heavy atom. The Balaban J connectivity index is 2.75. The molecule has 0 aliphatic heterocycles. The quantitative estimate of drug-likeness (QED) is 0.741. The van der Waals surface area contributed by atoms with E-state index in [0.29, 0.717) is 0 Å². The van der Waals surface area contributed by atoms with Crippen LogP contribution in [0.15, 0.2) is 24.3 Å². The Morgan fingerprint density at radius 1 is 0.938 bits per heavy atom. The van der Waals surface area contributed by atoms with Crippen molar-refractivity contribution in [3.63, 3.8) is 0 Å². The molecule has 0 aromatic heterocycles. The van der Waals surface area contributed by atoms with Gasteiger partial charge in [0.05, 0.1) is 0 Å². The average Bonchev–Trinajstić information content (AvgIpc) is 2.20. The summed E-state index contributed by atoms with van der Waals surface area (Å²) < 4.78 is 1.35. The summed E-state index contributed by atoms with van der Waals surface area (Å²) in [7, 11) is 0. The molecule has 0 saturated heterocycles. The number of hydrogen-bond acceptors (Lipinski definition) is 1. The average molecular weight is 326 g/mol. The molecule has 0 amide bonds. The molecule has 2 heteroatoms. The number of rotatable bonds is 5. The van der Waals surface area contributed by atoms with Crippen molar-refractivity contribution in [2.24, 2.45) is 0 Å². The van der Waals surface area contributed by atoms with Crippen molar-refractivity contribution in [1.29, 1.82) is 0 Å². The van der Waals surface area contributed by atoms with E-state index in [0.717, 1.165) is 13.1 Å². The monoisotopic (exact) mass is 327 g/mol. The van der Waals surface area contributed by atoms with E-state index in [1.807, 2.05) is 0 Å². The first-order valence-electron chi connectivity index (χ1n) is 6.30. The van der Waals surface area contributed by atoms with E-state index in [-0.39, 0.29) is 0 Å². The van der Waals surface area contributed by atoms with Gasteiger partial charge in [-0.2, -0.15) is 0 Å². The summed E-state index contributed by atoms with van der Waals surface area (Å²) in [4.78, 5) is 9.87. The van der Waals surface area contributed by atoms with E-state index in [1.165, 1.54) is 15.7 Å². The zero-order valence-corrected chi connectivity index (χ0v) is 14.2. The molecule has 1 rings (SSSR count). The van der Waals surface area contributed by atoms with Crippen LogP contribution in [0.1, 0.15) is 19.4 Å². The van der Waals surface area contributed by atoms with Gasteiger partial charge in [-0.1, -0.05) is 0 Å². The maximum atomic E-state index is 2.49. The predicted octanol–water partition coefficient (Wildman–Crippen LogP) is 3.95. The van der Waals surface area contributed by atoms with Gasteiger partial charge in [0, 0.05) is 0 Å². The molecule has 0 fully saturated rings. The maximum absolute atomic E-state index is 2.49. The molecule has 0 heterocycles. The van der Waals surface area contributed by atoms with E-state index in [9.17, 15) is 0 Å². The van der Waals surface area contributed by atoms with E-state index in [4.69, 9.17) is 0 Å². The molecule has 0 spiro atoms. The Kier molecular flexibility index (Phi) is 5.16. The molecule has 0 atom stereocenters. The van der Waals surface area contributed by atoms with Crippen molar-refractivity contribution in [2.45, 2.75) is 33.1 Å². The first-order valence-corrected chi connectivity index (χ1v) is 16.9. The van der Waals surface area contributed by atoms with Crippen LogP contribution in [-0.4, -0.2) is 31.5 Å². The third-order valence-electron chi connectivity index (χ3n) is 2.80. The Labute approximate surface area is 105 Å². The Hall–Kier alpha value is -0.181. The van der Waals surface area contributed by atoms with Crippen molar-refractivity contribution >= 4 is 24.1 Å². The van der Waals surface area contributed by atoms with Crippen molar-refractivity contribution in [2.75, 3.05) is 18.0 Å². The number of benzene rings is 1. The topological polar surface area (TPSA) is 3.24 Å². The zero-order chi connectivity index (χ0) is 12.2. The van der Waals surface area contributed by atoms with Gasteiger partial charge in [0.1, 0.15) is 0 Å². The van der Waals surface area contributed by atoms with Gasteiger partial charge in [-0.05, 0) is 0 Å². The predicted molar refractivity (Wildman–Crippen MR) is 77.1 cm³/mol. The summed E-state index contributed by atoms with van der Waals surface area (Å²) >= 11 is -1.66. The van der Waals surface area contributed by atoms with Gasteiger partial charge in [0.2, 0.25) is 0 Å². The second-order valence-electron chi connectivity index (χ2n) is 5.58. The van der Waals surface area contributed by atoms with Crippen molar-refractivity contribution < 1.29 is 0 Å². The molecular formula is C14H25NSn. The summed E-state index contributed by atoms with van der Waals surface area (Å²) in [5, 5.41) is 0. The SMILES string of the molecule is CCN(CC)c1ccc([CH2][Sn]([CH3])([CH3])[CH3])cc1. The van der Waals surface area contributed by atoms with Crippen molar-refractivity contribution in [3.05, 3.63) is 29.8 Å². The standard InChI is InChI=1S/C11H16N.3CH3.Sn/c1-4-12(5-2)11-8-6-10(3)7-9-11;;;;/h6-9H,3-5H2,1-2H3;3*1H3;. The van der Waals surface area contributed by atoms with Crippen LogP contribution < -0.4 is 4.90 Å². The van der Waals surface area contributed by atoms with Gasteiger partial charge in [-0.15, -0.1) is 0 Å². The summed E-state index contributed by atoms with van der Waals surface area (Å²) in [6, 6.07) is 9.19. The first kappa shape index (κ1) is 13.9. The molecule has 0 saturated carbocycles. The van der Waals surface area contributed by atoms with Crippen LogP contribution in [0.4, 0.5) is 5.69 Å². The van der Waals surface area contributed by atoms with Gasteiger partial charge in [-0.3, -0.25) is 0 Å². The second-order valence-corrected chi connectivity index (χ2v) is 21.2. The molecule has 16 heavy (non-hydrogen) atoms.